The Morgan fingerprint density at radius 2 is 1.42 bits per heavy atom. The zero-order valence-corrected chi connectivity index (χ0v) is 14.8. The van der Waals surface area contributed by atoms with Gasteiger partial charge < -0.3 is 9.47 Å². The van der Waals surface area contributed by atoms with Crippen molar-refractivity contribution in [3.05, 3.63) is 71.8 Å². The second-order valence-electron chi connectivity index (χ2n) is 6.51. The summed E-state index contributed by atoms with van der Waals surface area (Å²) in [7, 11) is 1.36. The van der Waals surface area contributed by atoms with Crippen LogP contribution in [0.5, 0.6) is 0 Å². The molecule has 2 aromatic carbocycles. The highest BCUT2D eigenvalue weighted by Crippen LogP contribution is 2.27. The molecule has 1 saturated heterocycles. The first-order valence-electron chi connectivity index (χ1n) is 8.72. The monoisotopic (exact) mass is 353 g/mol. The van der Waals surface area contributed by atoms with E-state index in [1.165, 1.54) is 7.11 Å². The Kier molecular flexibility index (Phi) is 6.02. The van der Waals surface area contributed by atoms with Gasteiger partial charge in [-0.3, -0.25) is 14.5 Å². The zero-order valence-electron chi connectivity index (χ0n) is 14.8. The SMILES string of the molecule is COC(=O)C1CN(Cc2ccccc2)CC1C(=O)OCc1ccccc1. The summed E-state index contributed by atoms with van der Waals surface area (Å²) < 4.78 is 10.4. The van der Waals surface area contributed by atoms with E-state index in [0.717, 1.165) is 11.1 Å². The van der Waals surface area contributed by atoms with E-state index in [9.17, 15) is 9.59 Å². The molecule has 0 aromatic heterocycles. The molecular weight excluding hydrogens is 330 g/mol. The fourth-order valence-electron chi connectivity index (χ4n) is 3.32. The van der Waals surface area contributed by atoms with Gasteiger partial charge in [0.1, 0.15) is 6.61 Å². The van der Waals surface area contributed by atoms with E-state index in [-0.39, 0.29) is 18.5 Å². The van der Waals surface area contributed by atoms with Crippen LogP contribution in [0.3, 0.4) is 0 Å². The molecule has 2 atom stereocenters. The molecule has 5 nitrogen and oxygen atoms in total. The lowest BCUT2D eigenvalue weighted by atomic mass is 9.96. The Balaban J connectivity index is 1.64. The number of carbonyl (C=O) groups is 2. The summed E-state index contributed by atoms with van der Waals surface area (Å²) in [5.41, 5.74) is 2.07. The third-order valence-electron chi connectivity index (χ3n) is 4.68. The summed E-state index contributed by atoms with van der Waals surface area (Å²) in [6.07, 6.45) is 0. The van der Waals surface area contributed by atoms with Gasteiger partial charge in [-0.2, -0.15) is 0 Å². The molecule has 5 heteroatoms. The summed E-state index contributed by atoms with van der Waals surface area (Å²) in [5, 5.41) is 0. The fraction of sp³-hybridized carbons (Fsp3) is 0.333. The first-order chi connectivity index (χ1) is 12.7. The summed E-state index contributed by atoms with van der Waals surface area (Å²) in [4.78, 5) is 26.8. The molecule has 2 unspecified atom stereocenters. The van der Waals surface area contributed by atoms with Gasteiger partial charge in [-0.15, -0.1) is 0 Å². The summed E-state index contributed by atoms with van der Waals surface area (Å²) >= 11 is 0. The Morgan fingerprint density at radius 3 is 2.00 bits per heavy atom. The van der Waals surface area contributed by atoms with Crippen LogP contribution in [0.2, 0.25) is 0 Å². The van der Waals surface area contributed by atoms with Gasteiger partial charge in [-0.1, -0.05) is 60.7 Å². The van der Waals surface area contributed by atoms with Gasteiger partial charge in [-0.05, 0) is 11.1 Å². The van der Waals surface area contributed by atoms with Gasteiger partial charge in [0, 0.05) is 19.6 Å². The molecule has 136 valence electrons. The quantitative estimate of drug-likeness (QED) is 0.748. The molecule has 0 N–H and O–H groups in total. The highest BCUT2D eigenvalue weighted by Gasteiger charge is 2.43. The van der Waals surface area contributed by atoms with Crippen LogP contribution in [0.15, 0.2) is 60.7 Å². The Morgan fingerprint density at radius 1 is 0.885 bits per heavy atom. The number of likely N-dealkylation sites (tertiary alicyclic amines) is 1. The van der Waals surface area contributed by atoms with Crippen molar-refractivity contribution in [1.29, 1.82) is 0 Å². The number of ether oxygens (including phenoxy) is 2. The maximum absolute atomic E-state index is 12.6. The minimum absolute atomic E-state index is 0.211. The topological polar surface area (TPSA) is 55.8 Å². The van der Waals surface area contributed by atoms with Crippen LogP contribution >= 0.6 is 0 Å². The molecule has 1 aliphatic rings. The predicted molar refractivity (Wildman–Crippen MR) is 97.0 cm³/mol. The van der Waals surface area contributed by atoms with Crippen LogP contribution in [0.1, 0.15) is 11.1 Å². The average molecular weight is 353 g/mol. The van der Waals surface area contributed by atoms with Gasteiger partial charge in [0.05, 0.1) is 18.9 Å². The van der Waals surface area contributed by atoms with E-state index in [1.807, 2.05) is 60.7 Å². The lowest BCUT2D eigenvalue weighted by Gasteiger charge is -2.15. The summed E-state index contributed by atoms with van der Waals surface area (Å²) in [6, 6.07) is 19.5. The van der Waals surface area contributed by atoms with Crippen molar-refractivity contribution in [2.24, 2.45) is 11.8 Å². The number of hydrogen-bond donors (Lipinski definition) is 0. The second-order valence-corrected chi connectivity index (χ2v) is 6.51. The maximum Gasteiger partial charge on any atom is 0.311 e. The molecular formula is C21H23NO4. The highest BCUT2D eigenvalue weighted by molar-refractivity contribution is 5.83. The molecule has 1 fully saturated rings. The predicted octanol–water partition coefficient (Wildman–Crippen LogP) is 2.65. The van der Waals surface area contributed by atoms with E-state index in [1.54, 1.807) is 0 Å². The first-order valence-corrected chi connectivity index (χ1v) is 8.72. The number of esters is 2. The highest BCUT2D eigenvalue weighted by atomic mass is 16.5. The molecule has 1 heterocycles. The van der Waals surface area contributed by atoms with Crippen LogP contribution < -0.4 is 0 Å². The lowest BCUT2D eigenvalue weighted by Crippen LogP contribution is -2.30. The van der Waals surface area contributed by atoms with Crippen molar-refractivity contribution in [1.82, 2.24) is 4.90 Å². The number of hydrogen-bond acceptors (Lipinski definition) is 5. The Labute approximate surface area is 153 Å². The summed E-state index contributed by atoms with van der Waals surface area (Å²) in [6.45, 7) is 1.88. The third-order valence-corrected chi connectivity index (χ3v) is 4.68. The zero-order chi connectivity index (χ0) is 18.4. The van der Waals surface area contributed by atoms with Gasteiger partial charge >= 0.3 is 11.9 Å². The van der Waals surface area contributed by atoms with Crippen molar-refractivity contribution in [3.63, 3.8) is 0 Å². The van der Waals surface area contributed by atoms with Gasteiger partial charge in [0.15, 0.2) is 0 Å². The fourth-order valence-corrected chi connectivity index (χ4v) is 3.32. The van der Waals surface area contributed by atoms with Gasteiger partial charge in [-0.25, -0.2) is 0 Å². The van der Waals surface area contributed by atoms with E-state index in [2.05, 4.69) is 4.90 Å². The molecule has 0 saturated carbocycles. The number of rotatable bonds is 6. The molecule has 0 spiro atoms. The van der Waals surface area contributed by atoms with Crippen LogP contribution in [-0.2, 0) is 32.2 Å². The first kappa shape index (κ1) is 18.1. The van der Waals surface area contributed by atoms with Crippen LogP contribution in [-0.4, -0.2) is 37.0 Å². The largest absolute Gasteiger partial charge is 0.469 e. The van der Waals surface area contributed by atoms with E-state index < -0.39 is 11.8 Å². The van der Waals surface area contributed by atoms with Crippen molar-refractivity contribution in [3.8, 4) is 0 Å². The van der Waals surface area contributed by atoms with Gasteiger partial charge in [0.25, 0.3) is 0 Å². The van der Waals surface area contributed by atoms with Gasteiger partial charge in [0.2, 0.25) is 0 Å². The molecule has 0 bridgehead atoms. The minimum atomic E-state index is -0.505. The molecule has 1 aliphatic heterocycles. The van der Waals surface area contributed by atoms with Crippen molar-refractivity contribution in [2.45, 2.75) is 13.2 Å². The van der Waals surface area contributed by atoms with Crippen molar-refractivity contribution < 1.29 is 19.1 Å². The Hall–Kier alpha value is -2.66. The number of carbonyl (C=O) groups excluding carboxylic acids is 2. The molecule has 0 radical (unpaired) electrons. The van der Waals surface area contributed by atoms with E-state index >= 15 is 0 Å². The molecule has 3 rings (SSSR count). The molecule has 0 aliphatic carbocycles. The number of methoxy groups -OCH3 is 1. The average Bonchev–Trinajstić information content (AvgIpc) is 3.11. The van der Waals surface area contributed by atoms with Crippen LogP contribution in [0.25, 0.3) is 0 Å². The number of nitrogens with zero attached hydrogens (tertiary/aromatic N) is 1. The van der Waals surface area contributed by atoms with Crippen LogP contribution in [0.4, 0.5) is 0 Å². The molecule has 2 aromatic rings. The number of benzene rings is 2. The summed E-state index contributed by atoms with van der Waals surface area (Å²) in [5.74, 6) is -1.70. The molecule has 0 amide bonds. The van der Waals surface area contributed by atoms with Crippen molar-refractivity contribution >= 4 is 11.9 Å². The van der Waals surface area contributed by atoms with Crippen molar-refractivity contribution in [2.75, 3.05) is 20.2 Å². The Bertz CT molecular complexity index is 732. The normalized spacial score (nSPS) is 19.9. The third kappa shape index (κ3) is 4.49. The van der Waals surface area contributed by atoms with Crippen LogP contribution in [0, 0.1) is 11.8 Å². The minimum Gasteiger partial charge on any atom is -0.469 e. The standard InChI is InChI=1S/C21H23NO4/c1-25-20(23)18-13-22(12-16-8-4-2-5-9-16)14-19(18)21(24)26-15-17-10-6-3-7-11-17/h2-11,18-19H,12-15H2,1H3. The lowest BCUT2D eigenvalue weighted by molar-refractivity contribution is -0.157. The van der Waals surface area contributed by atoms with E-state index in [4.69, 9.17) is 9.47 Å². The smallest absolute Gasteiger partial charge is 0.311 e. The maximum atomic E-state index is 12.6. The van der Waals surface area contributed by atoms with E-state index in [0.29, 0.717) is 19.6 Å². The second kappa shape index (κ2) is 8.63. The molecule has 26 heavy (non-hydrogen) atoms.